The number of hydrogen-bond acceptors (Lipinski definition) is 4. The van der Waals surface area contributed by atoms with Gasteiger partial charge in [0, 0.05) is 10.8 Å². The molecule has 4 saturated carbocycles. The van der Waals surface area contributed by atoms with Crippen molar-refractivity contribution < 1.29 is 19.0 Å². The molecule has 0 N–H and O–H groups in total. The summed E-state index contributed by atoms with van der Waals surface area (Å²) >= 11 is 0. The molecule has 8 atom stereocenters. The predicted octanol–water partition coefficient (Wildman–Crippen LogP) is 3.47. The summed E-state index contributed by atoms with van der Waals surface area (Å²) in [6.07, 6.45) is 9.70. The van der Waals surface area contributed by atoms with E-state index in [0.29, 0.717) is 23.4 Å². The standard InChI is InChI=1S/C21H30O4/c1-17(16(22)23-3)6-4-7-18(2)14(17)5-8-19-10-13(20(11-19)12-24-20)9-15-21(18,19)25-15/h13-15H,4-12H2,1-3H3/t13-,14+,15+,17+,18+,19-,20+,21-/m0/s1. The highest BCUT2D eigenvalue weighted by Gasteiger charge is 2.87. The molecule has 0 unspecified atom stereocenters. The summed E-state index contributed by atoms with van der Waals surface area (Å²) in [4.78, 5) is 12.8. The second-order valence-electron chi connectivity index (χ2n) is 10.6. The first kappa shape index (κ1) is 15.4. The highest BCUT2D eigenvalue weighted by molar-refractivity contribution is 5.77. The minimum absolute atomic E-state index is 0.00453. The molecule has 4 nitrogen and oxygen atoms in total. The summed E-state index contributed by atoms with van der Waals surface area (Å²) in [5, 5.41) is 0. The van der Waals surface area contributed by atoms with E-state index in [0.717, 1.165) is 25.9 Å². The highest BCUT2D eigenvalue weighted by atomic mass is 16.6. The average molecular weight is 346 g/mol. The van der Waals surface area contributed by atoms with Gasteiger partial charge in [0.2, 0.25) is 0 Å². The molecule has 2 aliphatic heterocycles. The summed E-state index contributed by atoms with van der Waals surface area (Å²) in [5.41, 5.74) is 0.259. The summed E-state index contributed by atoms with van der Waals surface area (Å²) in [5.74, 6) is 1.09. The van der Waals surface area contributed by atoms with E-state index in [9.17, 15) is 4.79 Å². The summed E-state index contributed by atoms with van der Waals surface area (Å²) in [6.45, 7) is 5.60. The first-order valence-electron chi connectivity index (χ1n) is 10.3. The molecule has 0 aromatic carbocycles. The van der Waals surface area contributed by atoms with Crippen molar-refractivity contribution >= 4 is 5.97 Å². The molecule has 0 amide bonds. The van der Waals surface area contributed by atoms with E-state index in [1.54, 1.807) is 7.11 Å². The van der Waals surface area contributed by atoms with E-state index in [1.807, 2.05) is 0 Å². The van der Waals surface area contributed by atoms with Crippen molar-refractivity contribution in [3.63, 3.8) is 0 Å². The SMILES string of the molecule is COC(=O)[C@]1(C)CCC[C@]2(C)[C@@H]1CC[C@@]13C[C@H](C[C@H]4O[C@]412)[C@]1(CO1)C3. The zero-order chi connectivity index (χ0) is 17.3. The number of epoxide rings is 2. The van der Waals surface area contributed by atoms with E-state index in [2.05, 4.69) is 13.8 Å². The van der Waals surface area contributed by atoms with Crippen molar-refractivity contribution in [3.05, 3.63) is 0 Å². The van der Waals surface area contributed by atoms with Gasteiger partial charge in [0.25, 0.3) is 0 Å². The lowest BCUT2D eigenvalue weighted by molar-refractivity contribution is -0.185. The third-order valence-corrected chi connectivity index (χ3v) is 9.89. The Morgan fingerprint density at radius 1 is 1.20 bits per heavy atom. The van der Waals surface area contributed by atoms with Crippen molar-refractivity contribution in [2.75, 3.05) is 13.7 Å². The largest absolute Gasteiger partial charge is 0.469 e. The second-order valence-corrected chi connectivity index (χ2v) is 10.6. The van der Waals surface area contributed by atoms with Crippen LogP contribution in [0.15, 0.2) is 0 Å². The quantitative estimate of drug-likeness (QED) is 0.539. The molecule has 6 fully saturated rings. The van der Waals surface area contributed by atoms with E-state index < -0.39 is 0 Å². The van der Waals surface area contributed by atoms with Crippen molar-refractivity contribution in [1.82, 2.24) is 0 Å². The summed E-state index contributed by atoms with van der Waals surface area (Å²) in [7, 11) is 1.55. The van der Waals surface area contributed by atoms with Gasteiger partial charge < -0.3 is 14.2 Å². The fourth-order valence-corrected chi connectivity index (χ4v) is 8.93. The van der Waals surface area contributed by atoms with Gasteiger partial charge in [0.1, 0.15) is 5.60 Å². The summed E-state index contributed by atoms with van der Waals surface area (Å²) in [6, 6.07) is 0. The van der Waals surface area contributed by atoms with Crippen LogP contribution in [0.4, 0.5) is 0 Å². The number of rotatable bonds is 1. The van der Waals surface area contributed by atoms with Crippen LogP contribution in [-0.4, -0.2) is 37.0 Å². The van der Waals surface area contributed by atoms with Gasteiger partial charge in [-0.1, -0.05) is 13.3 Å². The molecule has 2 heterocycles. The van der Waals surface area contributed by atoms with E-state index in [1.165, 1.54) is 32.1 Å². The Morgan fingerprint density at radius 3 is 2.72 bits per heavy atom. The van der Waals surface area contributed by atoms with Crippen LogP contribution in [0.25, 0.3) is 0 Å². The lowest BCUT2D eigenvalue weighted by Crippen LogP contribution is -2.64. The first-order chi connectivity index (χ1) is 11.9. The molecule has 25 heavy (non-hydrogen) atoms. The Labute approximate surface area is 150 Å². The van der Waals surface area contributed by atoms with Crippen LogP contribution in [-0.2, 0) is 19.0 Å². The van der Waals surface area contributed by atoms with E-state index >= 15 is 0 Å². The van der Waals surface area contributed by atoms with Crippen molar-refractivity contribution in [2.24, 2.45) is 28.1 Å². The van der Waals surface area contributed by atoms with Crippen LogP contribution in [0, 0.1) is 28.1 Å². The summed E-state index contributed by atoms with van der Waals surface area (Å²) < 4.78 is 18.0. The molecule has 6 aliphatic rings. The van der Waals surface area contributed by atoms with Crippen molar-refractivity contribution in [1.29, 1.82) is 0 Å². The van der Waals surface area contributed by atoms with Gasteiger partial charge in [0.15, 0.2) is 0 Å². The van der Waals surface area contributed by atoms with Crippen LogP contribution in [0.1, 0.15) is 65.2 Å². The molecule has 4 heteroatoms. The molecule has 2 bridgehead atoms. The van der Waals surface area contributed by atoms with Gasteiger partial charge in [-0.25, -0.2) is 0 Å². The number of carbonyl (C=O) groups is 1. The number of ether oxygens (including phenoxy) is 3. The third-order valence-electron chi connectivity index (χ3n) is 9.89. The Hall–Kier alpha value is -0.610. The zero-order valence-corrected chi connectivity index (χ0v) is 15.7. The van der Waals surface area contributed by atoms with Crippen molar-refractivity contribution in [2.45, 2.75) is 82.5 Å². The molecule has 0 aromatic heterocycles. The van der Waals surface area contributed by atoms with Crippen molar-refractivity contribution in [3.8, 4) is 0 Å². The lowest BCUT2D eigenvalue weighted by Gasteiger charge is -2.62. The number of methoxy groups -OCH3 is 1. The Kier molecular flexibility index (Phi) is 2.54. The van der Waals surface area contributed by atoms with Gasteiger partial charge in [-0.15, -0.1) is 0 Å². The number of esters is 1. The predicted molar refractivity (Wildman–Crippen MR) is 90.9 cm³/mol. The smallest absolute Gasteiger partial charge is 0.311 e. The Morgan fingerprint density at radius 2 is 2.00 bits per heavy atom. The zero-order valence-electron chi connectivity index (χ0n) is 15.7. The average Bonchev–Trinajstić information content (AvgIpc) is 3.46. The van der Waals surface area contributed by atoms with Gasteiger partial charge in [-0.05, 0) is 63.7 Å². The monoisotopic (exact) mass is 346 g/mol. The fraction of sp³-hybridized carbons (Fsp3) is 0.952. The van der Waals surface area contributed by atoms with Crippen LogP contribution < -0.4 is 0 Å². The minimum Gasteiger partial charge on any atom is -0.469 e. The second kappa shape index (κ2) is 4.11. The van der Waals surface area contributed by atoms with Gasteiger partial charge in [-0.3, -0.25) is 4.79 Å². The fourth-order valence-electron chi connectivity index (χ4n) is 8.93. The van der Waals surface area contributed by atoms with E-state index in [4.69, 9.17) is 14.2 Å². The number of fused-ring (bicyclic) bond motifs is 3. The van der Waals surface area contributed by atoms with Gasteiger partial charge in [-0.2, -0.15) is 0 Å². The van der Waals surface area contributed by atoms with Crippen LogP contribution in [0.5, 0.6) is 0 Å². The Bertz CT molecular complexity index is 671. The molecule has 138 valence electrons. The lowest BCUT2D eigenvalue weighted by atomic mass is 9.40. The topological polar surface area (TPSA) is 51.4 Å². The van der Waals surface area contributed by atoms with Gasteiger partial charge in [0.05, 0.1) is 30.8 Å². The molecule has 4 aliphatic carbocycles. The molecule has 0 aromatic rings. The first-order valence-corrected chi connectivity index (χ1v) is 10.3. The van der Waals surface area contributed by atoms with Crippen LogP contribution in [0.3, 0.4) is 0 Å². The molecule has 3 spiro atoms. The number of hydrogen-bond donors (Lipinski definition) is 0. The molecule has 6 rings (SSSR count). The molecule has 0 radical (unpaired) electrons. The minimum atomic E-state index is -0.349. The normalized spacial score (nSPS) is 63.4. The van der Waals surface area contributed by atoms with Crippen LogP contribution in [0.2, 0.25) is 0 Å². The number of carbonyl (C=O) groups excluding carboxylic acids is 1. The van der Waals surface area contributed by atoms with Crippen LogP contribution >= 0.6 is 0 Å². The molecule has 2 saturated heterocycles. The third kappa shape index (κ3) is 1.43. The van der Waals surface area contributed by atoms with Gasteiger partial charge >= 0.3 is 5.97 Å². The molecular weight excluding hydrogens is 316 g/mol. The maximum atomic E-state index is 12.8. The Balaban J connectivity index is 1.46. The maximum Gasteiger partial charge on any atom is 0.311 e. The highest BCUT2D eigenvalue weighted by Crippen LogP contribution is 2.82. The maximum absolute atomic E-state index is 12.8. The van der Waals surface area contributed by atoms with E-state index in [-0.39, 0.29) is 28.0 Å². The molecular formula is C21H30O4.